The summed E-state index contributed by atoms with van der Waals surface area (Å²) in [6, 6.07) is 0. The molecule has 0 radical (unpaired) electrons. The van der Waals surface area contributed by atoms with E-state index in [1.54, 1.807) is 14.1 Å². The Balaban J connectivity index is -0.0000000432. The van der Waals surface area contributed by atoms with Crippen LogP contribution in [0.3, 0.4) is 0 Å². The predicted octanol–water partition coefficient (Wildman–Crippen LogP) is 3.98. The first-order valence-electron chi connectivity index (χ1n) is 7.20. The van der Waals surface area contributed by atoms with Crippen LogP contribution in [0, 0.1) is 13.8 Å². The maximum atomic E-state index is 9.70. The van der Waals surface area contributed by atoms with Gasteiger partial charge in [-0.1, -0.05) is 41.9 Å². The van der Waals surface area contributed by atoms with E-state index < -0.39 is 0 Å². The fraction of sp³-hybridized carbons (Fsp3) is 0.684. The highest BCUT2D eigenvalue weighted by Crippen LogP contribution is 1.96. The van der Waals surface area contributed by atoms with Gasteiger partial charge in [-0.15, -0.1) is 0 Å². The van der Waals surface area contributed by atoms with Crippen molar-refractivity contribution >= 4 is 34.8 Å². The zero-order chi connectivity index (χ0) is 19.7. The van der Waals surface area contributed by atoms with Gasteiger partial charge in [0.15, 0.2) is 0 Å². The molecule has 0 aliphatic carbocycles. The molecule has 0 saturated heterocycles. The highest BCUT2D eigenvalue weighted by Gasteiger charge is 1.95. The SMILES string of the molecule is C.C.C.C.CC(C)=O.CNC(C)=O.CNC(C)=S.CNc1nc(C)nc(C)n1. The molecule has 1 aromatic heterocycles. The van der Waals surface area contributed by atoms with Crippen LogP contribution in [0.4, 0.5) is 5.95 Å². The number of aryl methyl sites for hydroxylation is 2. The van der Waals surface area contributed by atoms with Crippen LogP contribution in [0.25, 0.3) is 0 Å². The van der Waals surface area contributed by atoms with Crippen molar-refractivity contribution in [2.75, 3.05) is 26.5 Å². The summed E-state index contributed by atoms with van der Waals surface area (Å²) in [6.07, 6.45) is 0. The van der Waals surface area contributed by atoms with E-state index in [2.05, 4.69) is 43.1 Å². The highest BCUT2D eigenvalue weighted by molar-refractivity contribution is 7.80. The van der Waals surface area contributed by atoms with Gasteiger partial charge in [0.1, 0.15) is 17.4 Å². The summed E-state index contributed by atoms with van der Waals surface area (Å²) in [5, 5.41) is 7.99. The van der Waals surface area contributed by atoms with Gasteiger partial charge < -0.3 is 20.7 Å². The summed E-state index contributed by atoms with van der Waals surface area (Å²) in [5.74, 6) is 2.30. The van der Waals surface area contributed by atoms with Crippen LogP contribution in [0.15, 0.2) is 0 Å². The topological polar surface area (TPSA) is 109 Å². The minimum absolute atomic E-state index is 0. The molecule has 8 nitrogen and oxygen atoms in total. The Morgan fingerprint density at radius 1 is 0.750 bits per heavy atom. The van der Waals surface area contributed by atoms with Crippen LogP contribution in [0.2, 0.25) is 0 Å². The lowest BCUT2D eigenvalue weighted by Gasteiger charge is -1.98. The van der Waals surface area contributed by atoms with E-state index in [0.29, 0.717) is 5.95 Å². The molecule has 0 atom stereocenters. The number of nitrogens with one attached hydrogen (secondary N) is 3. The molecule has 0 spiro atoms. The number of ketones is 1. The molecule has 0 aromatic carbocycles. The summed E-state index contributed by atoms with van der Waals surface area (Å²) < 4.78 is 0. The lowest BCUT2D eigenvalue weighted by Crippen LogP contribution is -2.11. The Labute approximate surface area is 179 Å². The number of anilines is 1. The number of amides is 1. The lowest BCUT2D eigenvalue weighted by molar-refractivity contribution is -0.118. The Bertz CT molecular complexity index is 473. The highest BCUT2D eigenvalue weighted by atomic mass is 32.1. The van der Waals surface area contributed by atoms with Crippen LogP contribution in [-0.4, -0.2) is 52.8 Å². The average Bonchev–Trinajstić information content (AvgIpc) is 2.46. The molecule has 1 amide bonds. The maximum Gasteiger partial charge on any atom is 0.225 e. The molecule has 0 aliphatic heterocycles. The number of hydrogen-bond acceptors (Lipinski definition) is 7. The molecule has 9 heteroatoms. The monoisotopic (exact) mass is 422 g/mol. The van der Waals surface area contributed by atoms with Crippen molar-refractivity contribution in [3.8, 4) is 0 Å². The molecular formula is C19H46N6O2S. The van der Waals surface area contributed by atoms with E-state index in [9.17, 15) is 9.59 Å². The molecular weight excluding hydrogens is 376 g/mol. The molecule has 3 N–H and O–H groups in total. The quantitative estimate of drug-likeness (QED) is 0.583. The minimum Gasteiger partial charge on any atom is -0.383 e. The number of thiocarbonyl (C=S) groups is 1. The lowest BCUT2D eigenvalue weighted by atomic mass is 10.6. The fourth-order valence-corrected chi connectivity index (χ4v) is 0.727. The molecule has 0 fully saturated rings. The van der Waals surface area contributed by atoms with E-state index in [4.69, 9.17) is 0 Å². The van der Waals surface area contributed by atoms with Gasteiger partial charge in [-0.3, -0.25) is 4.79 Å². The van der Waals surface area contributed by atoms with Crippen LogP contribution in [-0.2, 0) is 9.59 Å². The third kappa shape index (κ3) is 49.6. The van der Waals surface area contributed by atoms with Crippen molar-refractivity contribution in [3.63, 3.8) is 0 Å². The zero-order valence-corrected chi connectivity index (χ0v) is 16.9. The van der Waals surface area contributed by atoms with Gasteiger partial charge >= 0.3 is 0 Å². The van der Waals surface area contributed by atoms with E-state index in [1.807, 2.05) is 27.8 Å². The van der Waals surface area contributed by atoms with Gasteiger partial charge in [0, 0.05) is 28.1 Å². The molecule has 0 saturated carbocycles. The van der Waals surface area contributed by atoms with Crippen molar-refractivity contribution in [2.45, 2.75) is 71.2 Å². The second-order valence-electron chi connectivity index (χ2n) is 4.52. The molecule has 0 unspecified atom stereocenters. The Morgan fingerprint density at radius 2 is 1.00 bits per heavy atom. The average molecular weight is 423 g/mol. The first kappa shape index (κ1) is 44.9. The standard InChI is InChI=1S/C6H10N4.C3H7NO.C3H7NS.C3H6O.4CH4/c1-4-8-5(2)10-6(7-3)9-4;2*1-3(5)4-2;1-3(2)4;;;;/h1-3H3,(H,7,8,9,10);2*1-2H3,(H,4,5);1-2H3;4*1H4. The summed E-state index contributed by atoms with van der Waals surface area (Å²) in [6.45, 7) is 10.1. The van der Waals surface area contributed by atoms with Gasteiger partial charge in [-0.05, 0) is 34.6 Å². The number of Topliss-reactive ketones (excluding diaryl/α,β-unsaturated/α-hetero) is 1. The minimum atomic E-state index is 0. The smallest absolute Gasteiger partial charge is 0.225 e. The van der Waals surface area contributed by atoms with Crippen LogP contribution in [0.1, 0.15) is 69.1 Å². The van der Waals surface area contributed by atoms with Gasteiger partial charge in [-0.2, -0.15) is 9.97 Å². The van der Waals surface area contributed by atoms with Gasteiger partial charge in [0.25, 0.3) is 0 Å². The Kier molecular flexibility index (Phi) is 47.5. The number of rotatable bonds is 1. The third-order valence-electron chi connectivity index (χ3n) is 1.79. The second-order valence-corrected chi connectivity index (χ2v) is 5.14. The zero-order valence-electron chi connectivity index (χ0n) is 16.1. The van der Waals surface area contributed by atoms with E-state index >= 15 is 0 Å². The Hall–Kier alpha value is -2.16. The van der Waals surface area contributed by atoms with Crippen molar-refractivity contribution < 1.29 is 9.59 Å². The molecule has 0 bridgehead atoms. The summed E-state index contributed by atoms with van der Waals surface area (Å²) in [7, 11) is 5.19. The normalized spacial score (nSPS) is 6.75. The first-order chi connectivity index (χ1) is 11.0. The van der Waals surface area contributed by atoms with Crippen molar-refractivity contribution in [2.24, 2.45) is 0 Å². The molecule has 1 aromatic rings. The largest absolute Gasteiger partial charge is 0.383 e. The molecule has 1 heterocycles. The summed E-state index contributed by atoms with van der Waals surface area (Å²) in [4.78, 5) is 32.0. The number of carbonyl (C=O) groups excluding carboxylic acids is 2. The van der Waals surface area contributed by atoms with Crippen LogP contribution < -0.4 is 16.0 Å². The third-order valence-corrected chi connectivity index (χ3v) is 1.99. The van der Waals surface area contributed by atoms with E-state index in [0.717, 1.165) is 16.6 Å². The molecule has 170 valence electrons. The van der Waals surface area contributed by atoms with Crippen LogP contribution in [0.5, 0.6) is 0 Å². The van der Waals surface area contributed by atoms with Gasteiger partial charge in [0.2, 0.25) is 11.9 Å². The van der Waals surface area contributed by atoms with E-state index in [-0.39, 0.29) is 41.4 Å². The first-order valence-corrected chi connectivity index (χ1v) is 7.61. The molecule has 1 rings (SSSR count). The van der Waals surface area contributed by atoms with Crippen molar-refractivity contribution in [1.29, 1.82) is 0 Å². The number of nitrogens with zero attached hydrogens (tertiary/aromatic N) is 3. The fourth-order valence-electron chi connectivity index (χ4n) is 0.727. The van der Waals surface area contributed by atoms with Crippen molar-refractivity contribution in [3.05, 3.63) is 11.6 Å². The molecule has 28 heavy (non-hydrogen) atoms. The number of hydrogen-bond donors (Lipinski definition) is 3. The van der Waals surface area contributed by atoms with Gasteiger partial charge in [-0.25, -0.2) is 4.98 Å². The van der Waals surface area contributed by atoms with Gasteiger partial charge in [0.05, 0.1) is 4.99 Å². The number of carbonyl (C=O) groups is 2. The summed E-state index contributed by atoms with van der Waals surface area (Å²) in [5.41, 5.74) is 0. The molecule has 0 aliphatic rings. The predicted molar refractivity (Wildman–Crippen MR) is 129 cm³/mol. The van der Waals surface area contributed by atoms with Crippen LogP contribution >= 0.6 is 12.2 Å². The van der Waals surface area contributed by atoms with E-state index in [1.165, 1.54) is 20.8 Å². The Morgan fingerprint density at radius 3 is 1.14 bits per heavy atom. The maximum absolute atomic E-state index is 9.70. The summed E-state index contributed by atoms with van der Waals surface area (Å²) >= 11 is 4.59. The number of aromatic nitrogens is 3. The van der Waals surface area contributed by atoms with Crippen molar-refractivity contribution in [1.82, 2.24) is 25.6 Å². The second kappa shape index (κ2) is 29.6.